The Morgan fingerprint density at radius 2 is 1.89 bits per heavy atom. The number of pyridine rings is 1. The van der Waals surface area contributed by atoms with Gasteiger partial charge in [0.15, 0.2) is 5.78 Å². The molecule has 2 aromatic carbocycles. The number of ketones is 1. The average Bonchev–Trinajstić information content (AvgIpc) is 3.04. The topological polar surface area (TPSA) is 78.9 Å². The van der Waals surface area contributed by atoms with Crippen molar-refractivity contribution in [2.45, 2.75) is 0 Å². The highest BCUT2D eigenvalue weighted by molar-refractivity contribution is 6.11. The van der Waals surface area contributed by atoms with Gasteiger partial charge < -0.3 is 9.67 Å². The van der Waals surface area contributed by atoms with E-state index in [1.54, 1.807) is 18.2 Å². The van der Waals surface area contributed by atoms with Crippen molar-refractivity contribution >= 4 is 16.7 Å². The summed E-state index contributed by atoms with van der Waals surface area (Å²) in [5, 5.41) is 20.5. The molecule has 0 aliphatic carbocycles. The van der Waals surface area contributed by atoms with Crippen molar-refractivity contribution in [3.63, 3.8) is 0 Å². The molecular weight excluding hydrogens is 338 g/mol. The Bertz CT molecular complexity index is 1230. The fraction of sp³-hybridized carbons (Fsp3) is 0.0455. The first-order chi connectivity index (χ1) is 13.1. The molecule has 0 saturated carbocycles. The molecule has 0 spiro atoms. The Hall–Kier alpha value is -3.91. The maximum Gasteiger partial charge on any atom is 0.198 e. The number of carbonyl (C=O) groups is 1. The van der Waals surface area contributed by atoms with Crippen molar-refractivity contribution in [3.8, 4) is 23.1 Å². The van der Waals surface area contributed by atoms with Gasteiger partial charge in [0, 0.05) is 41.5 Å². The molecule has 0 aliphatic rings. The number of nitriles is 1. The largest absolute Gasteiger partial charge is 0.507 e. The van der Waals surface area contributed by atoms with E-state index in [-0.39, 0.29) is 22.7 Å². The van der Waals surface area contributed by atoms with Crippen LogP contribution in [0, 0.1) is 11.3 Å². The van der Waals surface area contributed by atoms with Crippen LogP contribution < -0.4 is 0 Å². The highest BCUT2D eigenvalue weighted by Crippen LogP contribution is 2.31. The molecule has 5 heteroatoms. The van der Waals surface area contributed by atoms with Crippen molar-refractivity contribution in [1.82, 2.24) is 9.55 Å². The molecule has 0 aliphatic heterocycles. The lowest BCUT2D eigenvalue weighted by atomic mass is 9.99. The van der Waals surface area contributed by atoms with E-state index in [0.29, 0.717) is 11.3 Å². The monoisotopic (exact) mass is 353 g/mol. The van der Waals surface area contributed by atoms with Crippen molar-refractivity contribution in [3.05, 3.63) is 83.7 Å². The zero-order chi connectivity index (χ0) is 19.0. The van der Waals surface area contributed by atoms with E-state index in [9.17, 15) is 15.2 Å². The summed E-state index contributed by atoms with van der Waals surface area (Å²) in [6.45, 7) is 0. The number of aromatic hydroxyl groups is 1. The van der Waals surface area contributed by atoms with Crippen LogP contribution in [0.15, 0.2) is 67.0 Å². The number of rotatable bonds is 3. The van der Waals surface area contributed by atoms with Crippen LogP contribution in [0.2, 0.25) is 0 Å². The Labute approximate surface area is 155 Å². The lowest BCUT2D eigenvalue weighted by Gasteiger charge is -2.07. The summed E-state index contributed by atoms with van der Waals surface area (Å²) in [7, 11) is 1.94. The summed E-state index contributed by atoms with van der Waals surface area (Å²) in [6, 6.07) is 17.9. The minimum absolute atomic E-state index is 0.0980. The number of aryl methyl sites for hydroxylation is 1. The van der Waals surface area contributed by atoms with Crippen LogP contribution in [0.5, 0.6) is 5.75 Å². The maximum absolute atomic E-state index is 12.7. The zero-order valence-electron chi connectivity index (χ0n) is 14.5. The summed E-state index contributed by atoms with van der Waals surface area (Å²) >= 11 is 0. The summed E-state index contributed by atoms with van der Waals surface area (Å²) in [4.78, 5) is 17.1. The minimum atomic E-state index is -0.374. The van der Waals surface area contributed by atoms with Gasteiger partial charge in [0.05, 0.1) is 16.8 Å². The zero-order valence-corrected chi connectivity index (χ0v) is 14.5. The van der Waals surface area contributed by atoms with Gasteiger partial charge >= 0.3 is 0 Å². The van der Waals surface area contributed by atoms with Gasteiger partial charge in [-0.3, -0.25) is 9.78 Å². The van der Waals surface area contributed by atoms with Crippen molar-refractivity contribution < 1.29 is 9.90 Å². The Balaban J connectivity index is 1.84. The van der Waals surface area contributed by atoms with Crippen molar-refractivity contribution in [2.24, 2.45) is 7.05 Å². The van der Waals surface area contributed by atoms with Crippen molar-refractivity contribution in [2.75, 3.05) is 0 Å². The van der Waals surface area contributed by atoms with Crippen LogP contribution in [0.1, 0.15) is 21.5 Å². The number of aromatic nitrogens is 2. The first-order valence-electron chi connectivity index (χ1n) is 8.37. The number of nitrogens with zero attached hydrogens (tertiary/aromatic N) is 3. The Morgan fingerprint density at radius 3 is 2.67 bits per heavy atom. The molecule has 0 radical (unpaired) electrons. The second-order valence-electron chi connectivity index (χ2n) is 6.25. The van der Waals surface area contributed by atoms with Crippen LogP contribution >= 0.6 is 0 Å². The van der Waals surface area contributed by atoms with Crippen molar-refractivity contribution in [1.29, 1.82) is 5.26 Å². The molecule has 0 atom stereocenters. The molecule has 0 unspecified atom stereocenters. The van der Waals surface area contributed by atoms with E-state index in [1.165, 1.54) is 18.3 Å². The van der Waals surface area contributed by atoms with Crippen LogP contribution in [-0.4, -0.2) is 20.4 Å². The second-order valence-corrected chi connectivity index (χ2v) is 6.25. The summed E-state index contributed by atoms with van der Waals surface area (Å²) in [6.07, 6.45) is 3.38. The molecule has 2 aromatic heterocycles. The summed E-state index contributed by atoms with van der Waals surface area (Å²) in [5.41, 5.74) is 3.16. The summed E-state index contributed by atoms with van der Waals surface area (Å²) < 4.78 is 1.98. The van der Waals surface area contributed by atoms with Crippen LogP contribution in [-0.2, 0) is 7.05 Å². The van der Waals surface area contributed by atoms with Crippen LogP contribution in [0.4, 0.5) is 0 Å². The van der Waals surface area contributed by atoms with Gasteiger partial charge in [0.2, 0.25) is 0 Å². The number of carbonyl (C=O) groups excluding carboxylic acids is 1. The highest BCUT2D eigenvalue weighted by atomic mass is 16.3. The summed E-state index contributed by atoms with van der Waals surface area (Å²) in [5.74, 6) is -0.472. The maximum atomic E-state index is 12.7. The van der Waals surface area contributed by atoms with Gasteiger partial charge in [-0.25, -0.2) is 0 Å². The highest BCUT2D eigenvalue weighted by Gasteiger charge is 2.18. The fourth-order valence-corrected chi connectivity index (χ4v) is 3.24. The lowest BCUT2D eigenvalue weighted by Crippen LogP contribution is -2.04. The number of fused-ring (bicyclic) bond motifs is 1. The van der Waals surface area contributed by atoms with Gasteiger partial charge in [-0.2, -0.15) is 5.26 Å². The first-order valence-corrected chi connectivity index (χ1v) is 8.37. The number of hydrogen-bond donors (Lipinski definition) is 1. The van der Waals surface area contributed by atoms with E-state index < -0.39 is 0 Å². The third kappa shape index (κ3) is 2.74. The fourth-order valence-electron chi connectivity index (χ4n) is 3.24. The Morgan fingerprint density at radius 1 is 1.15 bits per heavy atom. The predicted molar refractivity (Wildman–Crippen MR) is 102 cm³/mol. The molecule has 0 saturated heterocycles. The third-order valence-corrected chi connectivity index (χ3v) is 4.57. The quantitative estimate of drug-likeness (QED) is 0.564. The molecule has 0 amide bonds. The predicted octanol–water partition coefficient (Wildman–Crippen LogP) is 4.05. The average molecular weight is 353 g/mol. The minimum Gasteiger partial charge on any atom is -0.507 e. The standard InChI is InChI=1S/C22H15N3O2/c1-25-13-18(16-6-2-4-8-19(16)25)21-14(11-23)10-15(12-24-21)22(27)17-7-3-5-9-20(17)26/h2-10,12-13,26H,1H3. The smallest absolute Gasteiger partial charge is 0.198 e. The molecule has 27 heavy (non-hydrogen) atoms. The third-order valence-electron chi connectivity index (χ3n) is 4.57. The molecule has 0 fully saturated rings. The number of para-hydroxylation sites is 2. The molecule has 5 nitrogen and oxygen atoms in total. The van der Waals surface area contributed by atoms with Gasteiger partial charge in [0.1, 0.15) is 11.8 Å². The molecule has 4 aromatic rings. The van der Waals surface area contributed by atoms with Gasteiger partial charge in [-0.1, -0.05) is 30.3 Å². The van der Waals surface area contributed by atoms with E-state index in [1.807, 2.05) is 42.1 Å². The normalized spacial score (nSPS) is 10.7. The van der Waals surface area contributed by atoms with E-state index in [0.717, 1.165) is 16.5 Å². The van der Waals surface area contributed by atoms with E-state index >= 15 is 0 Å². The number of benzene rings is 2. The number of phenols is 1. The van der Waals surface area contributed by atoms with E-state index in [4.69, 9.17) is 0 Å². The SMILES string of the molecule is Cn1cc(-c2ncc(C(=O)c3ccccc3O)cc2C#N)c2ccccc21. The molecule has 4 rings (SSSR count). The Kier molecular flexibility index (Phi) is 3.94. The number of hydrogen-bond acceptors (Lipinski definition) is 4. The van der Waals surface area contributed by atoms with E-state index in [2.05, 4.69) is 11.1 Å². The van der Waals surface area contributed by atoms with Gasteiger partial charge in [-0.05, 0) is 24.3 Å². The number of phenolic OH excluding ortho intramolecular Hbond substituents is 1. The molecule has 1 N–H and O–H groups in total. The second kappa shape index (κ2) is 6.43. The molecule has 2 heterocycles. The van der Waals surface area contributed by atoms with Crippen LogP contribution in [0.25, 0.3) is 22.2 Å². The van der Waals surface area contributed by atoms with Gasteiger partial charge in [0.25, 0.3) is 0 Å². The molecule has 130 valence electrons. The lowest BCUT2D eigenvalue weighted by molar-refractivity contribution is 0.103. The van der Waals surface area contributed by atoms with Crippen LogP contribution in [0.3, 0.4) is 0 Å². The molecule has 0 bridgehead atoms. The molecular formula is C22H15N3O2. The van der Waals surface area contributed by atoms with Gasteiger partial charge in [-0.15, -0.1) is 0 Å². The first kappa shape index (κ1) is 16.6.